The Kier molecular flexibility index (Phi) is 6.36. The number of rotatable bonds is 6. The van der Waals surface area contributed by atoms with Crippen LogP contribution in [0.3, 0.4) is 0 Å². The Balaban J connectivity index is 2.23. The van der Waals surface area contributed by atoms with Gasteiger partial charge >= 0.3 is 5.97 Å². The van der Waals surface area contributed by atoms with Crippen LogP contribution in [0.1, 0.15) is 5.56 Å². The van der Waals surface area contributed by atoms with E-state index in [1.54, 1.807) is 12.2 Å². The molecule has 6 nitrogen and oxygen atoms in total. The Morgan fingerprint density at radius 3 is 2.72 bits per heavy atom. The maximum Gasteiger partial charge on any atom is 0.332 e. The zero-order valence-corrected chi connectivity index (χ0v) is 14.5. The van der Waals surface area contributed by atoms with Crippen LogP contribution >= 0.6 is 12.2 Å². The van der Waals surface area contributed by atoms with E-state index >= 15 is 0 Å². The number of methoxy groups -OCH3 is 1. The molecule has 1 aliphatic heterocycles. The van der Waals surface area contributed by atoms with Crippen molar-refractivity contribution in [2.45, 2.75) is 0 Å². The number of hydrazone groups is 1. The molecule has 1 aromatic rings. The lowest BCUT2D eigenvalue weighted by Gasteiger charge is -2.13. The van der Waals surface area contributed by atoms with Gasteiger partial charge in [0.2, 0.25) is 5.11 Å². The second kappa shape index (κ2) is 8.70. The largest absolute Gasteiger partial charge is 0.466 e. The lowest BCUT2D eigenvalue weighted by molar-refractivity contribution is -0.135. The number of hydrogen-bond acceptors (Lipinski definition) is 5. The van der Waals surface area contributed by atoms with Crippen molar-refractivity contribution in [2.75, 3.05) is 13.7 Å². The van der Waals surface area contributed by atoms with E-state index < -0.39 is 11.9 Å². The van der Waals surface area contributed by atoms with E-state index in [1.807, 2.05) is 36.4 Å². The van der Waals surface area contributed by atoms with Crippen molar-refractivity contribution in [1.29, 1.82) is 0 Å². The SMILES string of the molecule is C=CCN1C(=O)/C(=C\C(=O)OC)N(/N=C/C=C/c2ccccc2)C1=S. The number of allylic oxidation sites excluding steroid dienone is 1. The molecule has 7 heteroatoms. The fourth-order valence-corrected chi connectivity index (χ4v) is 2.35. The standard InChI is InChI=1S/C18H17N3O3S/c1-3-12-20-17(23)15(13-16(22)24-2)21(18(20)25)19-11-7-10-14-8-5-4-6-9-14/h3-11,13H,1,12H2,2H3/b10-7+,15-13+,19-11+. The molecule has 1 amide bonds. The molecule has 0 aliphatic carbocycles. The van der Waals surface area contributed by atoms with E-state index in [9.17, 15) is 9.59 Å². The van der Waals surface area contributed by atoms with E-state index in [4.69, 9.17) is 12.2 Å². The van der Waals surface area contributed by atoms with Crippen molar-refractivity contribution in [2.24, 2.45) is 5.10 Å². The molecule has 1 aliphatic rings. The molecule has 1 aromatic carbocycles. The Labute approximate surface area is 151 Å². The molecule has 128 valence electrons. The average molecular weight is 355 g/mol. The number of esters is 1. The van der Waals surface area contributed by atoms with Crippen LogP contribution in [0.2, 0.25) is 0 Å². The first-order chi connectivity index (χ1) is 12.1. The van der Waals surface area contributed by atoms with Crippen LogP contribution in [0, 0.1) is 0 Å². The summed E-state index contributed by atoms with van der Waals surface area (Å²) in [5.74, 6) is -1.09. The number of ether oxygens (including phenoxy) is 1. The molecular weight excluding hydrogens is 338 g/mol. The molecule has 0 saturated carbocycles. The van der Waals surface area contributed by atoms with Crippen molar-refractivity contribution in [1.82, 2.24) is 9.91 Å². The van der Waals surface area contributed by atoms with Gasteiger partial charge in [-0.25, -0.2) is 9.80 Å². The van der Waals surface area contributed by atoms with Crippen LogP contribution in [0.25, 0.3) is 6.08 Å². The van der Waals surface area contributed by atoms with Gasteiger partial charge in [-0.3, -0.25) is 9.69 Å². The molecular formula is C18H17N3O3S. The molecule has 2 rings (SSSR count). The molecule has 0 radical (unpaired) electrons. The molecule has 0 N–H and O–H groups in total. The lowest BCUT2D eigenvalue weighted by atomic mass is 10.2. The summed E-state index contributed by atoms with van der Waals surface area (Å²) < 4.78 is 4.58. The van der Waals surface area contributed by atoms with Crippen LogP contribution in [0.15, 0.2) is 65.9 Å². The predicted octanol–water partition coefficient (Wildman–Crippen LogP) is 2.36. The van der Waals surface area contributed by atoms with Crippen LogP contribution < -0.4 is 0 Å². The third-order valence-electron chi connectivity index (χ3n) is 3.23. The van der Waals surface area contributed by atoms with Gasteiger partial charge in [0.05, 0.1) is 13.2 Å². The summed E-state index contributed by atoms with van der Waals surface area (Å²) in [6, 6.07) is 9.67. The Morgan fingerprint density at radius 2 is 2.08 bits per heavy atom. The van der Waals surface area contributed by atoms with Gasteiger partial charge in [0.15, 0.2) is 0 Å². The summed E-state index contributed by atoms with van der Waals surface area (Å²) in [6.07, 6.45) is 7.68. The van der Waals surface area contributed by atoms with Gasteiger partial charge in [0.25, 0.3) is 5.91 Å². The number of carbonyl (C=O) groups excluding carboxylic acids is 2. The summed E-state index contributed by atoms with van der Waals surface area (Å²) in [7, 11) is 1.23. The van der Waals surface area contributed by atoms with Crippen molar-refractivity contribution in [3.05, 3.63) is 66.4 Å². The quantitative estimate of drug-likeness (QED) is 0.258. The van der Waals surface area contributed by atoms with E-state index in [0.717, 1.165) is 11.6 Å². The Bertz CT molecular complexity index is 769. The first-order valence-electron chi connectivity index (χ1n) is 7.40. The van der Waals surface area contributed by atoms with E-state index in [2.05, 4.69) is 16.4 Å². The molecule has 25 heavy (non-hydrogen) atoms. The van der Waals surface area contributed by atoms with Gasteiger partial charge in [-0.05, 0) is 23.9 Å². The van der Waals surface area contributed by atoms with Crippen molar-refractivity contribution < 1.29 is 14.3 Å². The zero-order chi connectivity index (χ0) is 18.2. The van der Waals surface area contributed by atoms with Crippen molar-refractivity contribution >= 4 is 41.5 Å². The predicted molar refractivity (Wildman–Crippen MR) is 100 cm³/mol. The molecule has 1 fully saturated rings. The van der Waals surface area contributed by atoms with Gasteiger partial charge in [0, 0.05) is 12.8 Å². The highest BCUT2D eigenvalue weighted by atomic mass is 32.1. The maximum absolute atomic E-state index is 12.4. The minimum atomic E-state index is -0.661. The Morgan fingerprint density at radius 1 is 1.36 bits per heavy atom. The topological polar surface area (TPSA) is 62.2 Å². The highest BCUT2D eigenvalue weighted by Crippen LogP contribution is 2.21. The zero-order valence-electron chi connectivity index (χ0n) is 13.7. The smallest absolute Gasteiger partial charge is 0.332 e. The first kappa shape index (κ1) is 18.3. The van der Waals surface area contributed by atoms with E-state index in [-0.39, 0.29) is 17.4 Å². The average Bonchev–Trinajstić information content (AvgIpc) is 2.84. The van der Waals surface area contributed by atoms with Gasteiger partial charge < -0.3 is 4.74 Å². The molecule has 0 atom stereocenters. The number of carbonyl (C=O) groups is 2. The molecule has 1 saturated heterocycles. The van der Waals surface area contributed by atoms with Gasteiger partial charge in [-0.2, -0.15) is 5.10 Å². The summed E-state index contributed by atoms with van der Waals surface area (Å²) in [6.45, 7) is 3.82. The van der Waals surface area contributed by atoms with Crippen LogP contribution in [0.4, 0.5) is 0 Å². The molecule has 0 aromatic heterocycles. The minimum Gasteiger partial charge on any atom is -0.466 e. The van der Waals surface area contributed by atoms with Gasteiger partial charge in [-0.15, -0.1) is 6.58 Å². The molecule has 0 unspecified atom stereocenters. The molecule has 0 bridgehead atoms. The fourth-order valence-electron chi connectivity index (χ4n) is 2.05. The number of thiocarbonyl (C=S) groups is 1. The monoisotopic (exact) mass is 355 g/mol. The summed E-state index contributed by atoms with van der Waals surface area (Å²) in [4.78, 5) is 25.2. The van der Waals surface area contributed by atoms with Crippen molar-refractivity contribution in [3.8, 4) is 0 Å². The van der Waals surface area contributed by atoms with Gasteiger partial charge in [0.1, 0.15) is 5.70 Å². The summed E-state index contributed by atoms with van der Waals surface area (Å²) >= 11 is 5.27. The normalized spacial score (nSPS) is 16.4. The third-order valence-corrected chi connectivity index (χ3v) is 3.62. The molecule has 1 heterocycles. The van der Waals surface area contributed by atoms with Crippen LogP contribution in [-0.4, -0.2) is 46.8 Å². The van der Waals surface area contributed by atoms with E-state index in [0.29, 0.717) is 0 Å². The molecule has 0 spiro atoms. The fraction of sp³-hybridized carbons (Fsp3) is 0.111. The number of hydrogen-bond donors (Lipinski definition) is 0. The van der Waals surface area contributed by atoms with Crippen LogP contribution in [-0.2, 0) is 14.3 Å². The maximum atomic E-state index is 12.4. The Hall–Kier alpha value is -3.06. The highest BCUT2D eigenvalue weighted by molar-refractivity contribution is 7.80. The third kappa shape index (κ3) is 4.48. The lowest BCUT2D eigenvalue weighted by Crippen LogP contribution is -2.31. The van der Waals surface area contributed by atoms with Gasteiger partial charge in [-0.1, -0.05) is 42.5 Å². The summed E-state index contributed by atoms with van der Waals surface area (Å²) in [5.41, 5.74) is 1.04. The number of amides is 1. The second-order valence-corrected chi connectivity index (χ2v) is 5.25. The first-order valence-corrected chi connectivity index (χ1v) is 7.81. The van der Waals surface area contributed by atoms with Crippen molar-refractivity contribution in [3.63, 3.8) is 0 Å². The minimum absolute atomic E-state index is 0.0306. The number of benzene rings is 1. The summed E-state index contributed by atoms with van der Waals surface area (Å²) in [5, 5.41) is 5.58. The highest BCUT2D eigenvalue weighted by Gasteiger charge is 2.38. The number of nitrogens with zero attached hydrogens (tertiary/aromatic N) is 3. The van der Waals surface area contributed by atoms with Crippen LogP contribution in [0.5, 0.6) is 0 Å². The second-order valence-electron chi connectivity index (χ2n) is 4.89. The van der Waals surface area contributed by atoms with E-state index in [1.165, 1.54) is 23.2 Å².